The molecule has 6 heteroatoms. The average Bonchev–Trinajstić information content (AvgIpc) is 3.10. The number of anilines is 1. The number of hydrogen-bond acceptors (Lipinski definition) is 4. The minimum atomic E-state index is -0.639. The minimum absolute atomic E-state index is 0.163. The van der Waals surface area contributed by atoms with Gasteiger partial charge in [-0.25, -0.2) is 0 Å². The van der Waals surface area contributed by atoms with Crippen LogP contribution in [0.2, 0.25) is 0 Å². The second-order valence-electron chi connectivity index (χ2n) is 4.22. The van der Waals surface area contributed by atoms with Gasteiger partial charge in [0.2, 0.25) is 0 Å². The number of carbonyl (C=O) groups excluding carboxylic acids is 2. The first-order valence-electron chi connectivity index (χ1n) is 5.68. The zero-order valence-electron chi connectivity index (χ0n) is 9.81. The first-order valence-corrected chi connectivity index (χ1v) is 5.68. The number of rotatable bonds is 5. The van der Waals surface area contributed by atoms with Crippen molar-refractivity contribution in [3.8, 4) is 5.75 Å². The third-order valence-corrected chi connectivity index (χ3v) is 2.60. The molecule has 0 heterocycles. The molecule has 0 saturated heterocycles. The Hall–Kier alpha value is -2.24. The number of hydrogen-bond donors (Lipinski definition) is 3. The van der Waals surface area contributed by atoms with E-state index in [4.69, 9.17) is 16.2 Å². The van der Waals surface area contributed by atoms with Gasteiger partial charge < -0.3 is 21.5 Å². The largest absolute Gasteiger partial charge is 0.481 e. The second-order valence-corrected chi connectivity index (χ2v) is 4.22. The van der Waals surface area contributed by atoms with E-state index in [1.54, 1.807) is 12.1 Å². The van der Waals surface area contributed by atoms with E-state index in [1.165, 1.54) is 6.07 Å². The maximum Gasteiger partial charge on any atom is 0.258 e. The van der Waals surface area contributed by atoms with Crippen LogP contribution in [-0.4, -0.2) is 24.5 Å². The lowest BCUT2D eigenvalue weighted by Crippen LogP contribution is -2.31. The third kappa shape index (κ3) is 2.91. The van der Waals surface area contributed by atoms with E-state index < -0.39 is 5.91 Å². The molecule has 1 aromatic rings. The average molecular weight is 249 g/mol. The Kier molecular flexibility index (Phi) is 3.36. The van der Waals surface area contributed by atoms with Crippen LogP contribution < -0.4 is 21.5 Å². The van der Waals surface area contributed by atoms with E-state index in [2.05, 4.69) is 5.32 Å². The highest BCUT2D eigenvalue weighted by molar-refractivity contribution is 5.97. The van der Waals surface area contributed by atoms with E-state index >= 15 is 0 Å². The Morgan fingerprint density at radius 2 is 2.11 bits per heavy atom. The molecule has 18 heavy (non-hydrogen) atoms. The standard InChI is InChI=1S/C12H15N3O3/c13-9-3-1-2-8(12(14)17)11(9)18-6-10(16)15-7-4-5-7/h1-3,7H,4-6,13H2,(H2,14,17)(H,15,16). The number of para-hydroxylation sites is 1. The summed E-state index contributed by atoms with van der Waals surface area (Å²) in [6.45, 7) is -0.176. The van der Waals surface area contributed by atoms with Gasteiger partial charge in [0.05, 0.1) is 11.3 Å². The molecule has 1 fully saturated rings. The van der Waals surface area contributed by atoms with Gasteiger partial charge in [0.15, 0.2) is 12.4 Å². The Bertz CT molecular complexity index is 483. The number of primary amides is 1. The Balaban J connectivity index is 2.03. The summed E-state index contributed by atoms with van der Waals surface area (Å²) in [7, 11) is 0. The maximum absolute atomic E-state index is 11.5. The van der Waals surface area contributed by atoms with Gasteiger partial charge in [-0.05, 0) is 25.0 Å². The number of benzene rings is 1. The highest BCUT2D eigenvalue weighted by Gasteiger charge is 2.23. The number of nitrogens with one attached hydrogen (secondary N) is 1. The minimum Gasteiger partial charge on any atom is -0.481 e. The summed E-state index contributed by atoms with van der Waals surface area (Å²) in [6.07, 6.45) is 2.01. The summed E-state index contributed by atoms with van der Waals surface area (Å²) in [6, 6.07) is 4.96. The SMILES string of the molecule is NC(=O)c1cccc(N)c1OCC(=O)NC1CC1. The molecule has 2 rings (SSSR count). The van der Waals surface area contributed by atoms with Crippen LogP contribution in [0, 0.1) is 0 Å². The van der Waals surface area contributed by atoms with Gasteiger partial charge in [-0.2, -0.15) is 0 Å². The van der Waals surface area contributed by atoms with Crippen molar-refractivity contribution in [2.45, 2.75) is 18.9 Å². The number of nitrogen functional groups attached to an aromatic ring is 1. The Labute approximate surface area is 104 Å². The van der Waals surface area contributed by atoms with Crippen LogP contribution in [0.4, 0.5) is 5.69 Å². The van der Waals surface area contributed by atoms with Crippen LogP contribution in [0.5, 0.6) is 5.75 Å². The molecule has 0 aromatic heterocycles. The smallest absolute Gasteiger partial charge is 0.258 e. The lowest BCUT2D eigenvalue weighted by Gasteiger charge is -2.11. The molecule has 0 radical (unpaired) electrons. The predicted molar refractivity (Wildman–Crippen MR) is 66.0 cm³/mol. The van der Waals surface area contributed by atoms with Crippen molar-refractivity contribution < 1.29 is 14.3 Å². The molecule has 1 aromatic carbocycles. The zero-order valence-corrected chi connectivity index (χ0v) is 9.81. The van der Waals surface area contributed by atoms with Crippen LogP contribution in [-0.2, 0) is 4.79 Å². The number of ether oxygens (including phenoxy) is 1. The van der Waals surface area contributed by atoms with Gasteiger partial charge in [0.25, 0.3) is 11.8 Å². The van der Waals surface area contributed by atoms with Crippen molar-refractivity contribution in [1.29, 1.82) is 0 Å². The van der Waals surface area contributed by atoms with Gasteiger partial charge >= 0.3 is 0 Å². The fourth-order valence-electron chi connectivity index (χ4n) is 1.54. The van der Waals surface area contributed by atoms with Gasteiger partial charge in [-0.1, -0.05) is 6.07 Å². The molecule has 1 aliphatic rings. The molecule has 6 nitrogen and oxygen atoms in total. The summed E-state index contributed by atoms with van der Waals surface area (Å²) >= 11 is 0. The normalized spacial score (nSPS) is 14.0. The molecule has 5 N–H and O–H groups in total. The van der Waals surface area contributed by atoms with E-state index in [-0.39, 0.29) is 35.6 Å². The fraction of sp³-hybridized carbons (Fsp3) is 0.333. The molecule has 96 valence electrons. The first kappa shape index (κ1) is 12.2. The van der Waals surface area contributed by atoms with Crippen LogP contribution >= 0.6 is 0 Å². The van der Waals surface area contributed by atoms with Crippen LogP contribution in [0.3, 0.4) is 0 Å². The molecule has 0 atom stereocenters. The van der Waals surface area contributed by atoms with Crippen LogP contribution in [0.1, 0.15) is 23.2 Å². The van der Waals surface area contributed by atoms with Gasteiger partial charge in [0, 0.05) is 6.04 Å². The van der Waals surface area contributed by atoms with Crippen molar-refractivity contribution >= 4 is 17.5 Å². The van der Waals surface area contributed by atoms with E-state index in [9.17, 15) is 9.59 Å². The van der Waals surface area contributed by atoms with E-state index in [0.717, 1.165) is 12.8 Å². The number of amides is 2. The van der Waals surface area contributed by atoms with E-state index in [1.807, 2.05) is 0 Å². The predicted octanol–water partition coefficient (Wildman–Crippen LogP) is 0.0251. The van der Waals surface area contributed by atoms with Gasteiger partial charge in [-0.3, -0.25) is 9.59 Å². The van der Waals surface area contributed by atoms with Crippen molar-refractivity contribution in [3.05, 3.63) is 23.8 Å². The summed E-state index contributed by atoms with van der Waals surface area (Å²) in [5, 5.41) is 2.77. The zero-order chi connectivity index (χ0) is 13.1. The second kappa shape index (κ2) is 4.95. The summed E-state index contributed by atoms with van der Waals surface area (Å²) < 4.78 is 5.28. The van der Waals surface area contributed by atoms with Crippen molar-refractivity contribution in [2.75, 3.05) is 12.3 Å². The molecular formula is C12H15N3O3. The van der Waals surface area contributed by atoms with E-state index in [0.29, 0.717) is 0 Å². The molecule has 0 unspecified atom stereocenters. The molecule has 0 bridgehead atoms. The number of carbonyl (C=O) groups is 2. The third-order valence-electron chi connectivity index (χ3n) is 2.60. The first-order chi connectivity index (χ1) is 8.58. The monoisotopic (exact) mass is 249 g/mol. The Morgan fingerprint density at radius 3 is 2.72 bits per heavy atom. The van der Waals surface area contributed by atoms with Crippen molar-refractivity contribution in [1.82, 2.24) is 5.32 Å². The molecular weight excluding hydrogens is 234 g/mol. The van der Waals surface area contributed by atoms with Gasteiger partial charge in [-0.15, -0.1) is 0 Å². The van der Waals surface area contributed by atoms with Crippen LogP contribution in [0.25, 0.3) is 0 Å². The molecule has 0 aliphatic heterocycles. The topological polar surface area (TPSA) is 107 Å². The maximum atomic E-state index is 11.5. The summed E-state index contributed by atoms with van der Waals surface area (Å²) in [4.78, 5) is 22.7. The summed E-state index contributed by atoms with van der Waals surface area (Å²) in [5.74, 6) is -0.702. The van der Waals surface area contributed by atoms with Crippen LogP contribution in [0.15, 0.2) is 18.2 Å². The highest BCUT2D eigenvalue weighted by Crippen LogP contribution is 2.26. The quantitative estimate of drug-likeness (QED) is 0.639. The molecule has 2 amide bonds. The molecule has 1 aliphatic carbocycles. The lowest BCUT2D eigenvalue weighted by molar-refractivity contribution is -0.123. The fourth-order valence-corrected chi connectivity index (χ4v) is 1.54. The highest BCUT2D eigenvalue weighted by atomic mass is 16.5. The summed E-state index contributed by atoms with van der Waals surface area (Å²) in [5.41, 5.74) is 11.4. The van der Waals surface area contributed by atoms with Crippen molar-refractivity contribution in [3.63, 3.8) is 0 Å². The van der Waals surface area contributed by atoms with Crippen molar-refractivity contribution in [2.24, 2.45) is 5.73 Å². The molecule has 1 saturated carbocycles. The lowest BCUT2D eigenvalue weighted by atomic mass is 10.1. The molecule has 0 spiro atoms. The Morgan fingerprint density at radius 1 is 1.39 bits per heavy atom. The number of nitrogens with two attached hydrogens (primary N) is 2. The van der Waals surface area contributed by atoms with Gasteiger partial charge in [0.1, 0.15) is 0 Å².